The molecule has 0 aliphatic carbocycles. The van der Waals surface area contributed by atoms with Crippen molar-refractivity contribution in [2.24, 2.45) is 11.8 Å². The standard InChI is InChI=1S/C15H23N/c1-13(2)15-9-6-10-16(12-15)11-14-7-4-3-5-8-14/h3-5,7-8,13,15H,6,9-12H2,1-2H3. The van der Waals surface area contributed by atoms with Crippen molar-refractivity contribution < 1.29 is 0 Å². The van der Waals surface area contributed by atoms with Gasteiger partial charge in [-0.15, -0.1) is 0 Å². The van der Waals surface area contributed by atoms with Gasteiger partial charge in [0.1, 0.15) is 0 Å². The van der Waals surface area contributed by atoms with E-state index in [9.17, 15) is 0 Å². The molecule has 1 aromatic rings. The van der Waals surface area contributed by atoms with Crippen molar-refractivity contribution >= 4 is 0 Å². The monoisotopic (exact) mass is 217 g/mol. The van der Waals surface area contributed by atoms with E-state index in [4.69, 9.17) is 0 Å². The molecular weight excluding hydrogens is 194 g/mol. The van der Waals surface area contributed by atoms with Gasteiger partial charge in [0.25, 0.3) is 0 Å². The van der Waals surface area contributed by atoms with Crippen LogP contribution in [0.2, 0.25) is 0 Å². The molecule has 1 unspecified atom stereocenters. The summed E-state index contributed by atoms with van der Waals surface area (Å²) in [6.45, 7) is 8.40. The lowest BCUT2D eigenvalue weighted by Gasteiger charge is -2.34. The molecule has 1 saturated heterocycles. The smallest absolute Gasteiger partial charge is 0.0233 e. The van der Waals surface area contributed by atoms with E-state index in [1.165, 1.54) is 31.5 Å². The van der Waals surface area contributed by atoms with Gasteiger partial charge in [-0.2, -0.15) is 0 Å². The van der Waals surface area contributed by atoms with Crippen LogP contribution in [0.4, 0.5) is 0 Å². The summed E-state index contributed by atoms with van der Waals surface area (Å²) < 4.78 is 0. The first kappa shape index (κ1) is 11.7. The van der Waals surface area contributed by atoms with Crippen molar-refractivity contribution in [1.82, 2.24) is 4.90 Å². The van der Waals surface area contributed by atoms with Gasteiger partial charge in [0.15, 0.2) is 0 Å². The van der Waals surface area contributed by atoms with Gasteiger partial charge in [0.05, 0.1) is 0 Å². The zero-order valence-electron chi connectivity index (χ0n) is 10.5. The van der Waals surface area contributed by atoms with Crippen LogP contribution in [-0.2, 0) is 6.54 Å². The van der Waals surface area contributed by atoms with E-state index < -0.39 is 0 Å². The molecule has 1 aliphatic rings. The predicted octanol–water partition coefficient (Wildman–Crippen LogP) is 3.55. The van der Waals surface area contributed by atoms with Crippen LogP contribution in [-0.4, -0.2) is 18.0 Å². The SMILES string of the molecule is CC(C)C1CCCN(Cc2ccccc2)C1. The fourth-order valence-corrected chi connectivity index (χ4v) is 2.62. The number of hydrogen-bond donors (Lipinski definition) is 0. The number of rotatable bonds is 3. The van der Waals surface area contributed by atoms with E-state index in [-0.39, 0.29) is 0 Å². The molecule has 1 aromatic carbocycles. The van der Waals surface area contributed by atoms with Crippen molar-refractivity contribution in [3.63, 3.8) is 0 Å². The third kappa shape index (κ3) is 3.08. The largest absolute Gasteiger partial charge is 0.299 e. The van der Waals surface area contributed by atoms with Crippen LogP contribution in [0.1, 0.15) is 32.3 Å². The van der Waals surface area contributed by atoms with E-state index in [2.05, 4.69) is 49.1 Å². The molecule has 1 nitrogen and oxygen atoms in total. The summed E-state index contributed by atoms with van der Waals surface area (Å²) >= 11 is 0. The Balaban J connectivity index is 1.90. The summed E-state index contributed by atoms with van der Waals surface area (Å²) in [6.07, 6.45) is 2.79. The molecule has 1 atom stereocenters. The molecule has 1 heteroatoms. The Labute approximate surface area is 99.5 Å². The Bertz CT molecular complexity index is 304. The molecule has 0 saturated carbocycles. The average molecular weight is 217 g/mol. The second-order valence-corrected chi connectivity index (χ2v) is 5.37. The second kappa shape index (κ2) is 5.49. The highest BCUT2D eigenvalue weighted by Gasteiger charge is 2.21. The van der Waals surface area contributed by atoms with Crippen molar-refractivity contribution in [3.05, 3.63) is 35.9 Å². The molecule has 1 heterocycles. The third-order valence-electron chi connectivity index (χ3n) is 3.73. The minimum absolute atomic E-state index is 0.832. The van der Waals surface area contributed by atoms with Crippen LogP contribution in [0.15, 0.2) is 30.3 Å². The van der Waals surface area contributed by atoms with Crippen LogP contribution < -0.4 is 0 Å². The van der Waals surface area contributed by atoms with Gasteiger partial charge in [0.2, 0.25) is 0 Å². The maximum Gasteiger partial charge on any atom is 0.0233 e. The van der Waals surface area contributed by atoms with Gasteiger partial charge in [-0.25, -0.2) is 0 Å². The lowest BCUT2D eigenvalue weighted by atomic mass is 9.88. The number of likely N-dealkylation sites (tertiary alicyclic amines) is 1. The lowest BCUT2D eigenvalue weighted by molar-refractivity contribution is 0.139. The highest BCUT2D eigenvalue weighted by atomic mass is 15.1. The lowest BCUT2D eigenvalue weighted by Crippen LogP contribution is -2.36. The topological polar surface area (TPSA) is 3.24 Å². The van der Waals surface area contributed by atoms with Gasteiger partial charge >= 0.3 is 0 Å². The van der Waals surface area contributed by atoms with Crippen molar-refractivity contribution in [2.45, 2.75) is 33.2 Å². The zero-order valence-corrected chi connectivity index (χ0v) is 10.5. The number of piperidine rings is 1. The van der Waals surface area contributed by atoms with Gasteiger partial charge in [0, 0.05) is 13.1 Å². The molecule has 0 aromatic heterocycles. The summed E-state index contributed by atoms with van der Waals surface area (Å²) in [4.78, 5) is 2.61. The fourth-order valence-electron chi connectivity index (χ4n) is 2.62. The van der Waals surface area contributed by atoms with E-state index >= 15 is 0 Å². The predicted molar refractivity (Wildman–Crippen MR) is 69.3 cm³/mol. The third-order valence-corrected chi connectivity index (χ3v) is 3.73. The van der Waals surface area contributed by atoms with Gasteiger partial charge in [-0.3, -0.25) is 4.90 Å². The van der Waals surface area contributed by atoms with Crippen LogP contribution in [0.25, 0.3) is 0 Å². The Hall–Kier alpha value is -0.820. The number of hydrogen-bond acceptors (Lipinski definition) is 1. The van der Waals surface area contributed by atoms with E-state index in [0.29, 0.717) is 0 Å². The molecule has 16 heavy (non-hydrogen) atoms. The van der Waals surface area contributed by atoms with Crippen LogP contribution in [0, 0.1) is 11.8 Å². The Morgan fingerprint density at radius 1 is 1.25 bits per heavy atom. The maximum absolute atomic E-state index is 2.61. The molecule has 0 amide bonds. The molecular formula is C15H23N. The first-order valence-electron chi connectivity index (χ1n) is 6.52. The summed E-state index contributed by atoms with van der Waals surface area (Å²) in [5.41, 5.74) is 1.45. The molecule has 88 valence electrons. The van der Waals surface area contributed by atoms with Crippen molar-refractivity contribution in [1.29, 1.82) is 0 Å². The molecule has 0 radical (unpaired) electrons. The van der Waals surface area contributed by atoms with Crippen molar-refractivity contribution in [3.8, 4) is 0 Å². The Morgan fingerprint density at radius 2 is 2.00 bits per heavy atom. The second-order valence-electron chi connectivity index (χ2n) is 5.37. The van der Waals surface area contributed by atoms with Crippen molar-refractivity contribution in [2.75, 3.05) is 13.1 Å². The minimum Gasteiger partial charge on any atom is -0.299 e. The molecule has 0 bridgehead atoms. The van der Waals surface area contributed by atoms with E-state index in [1.54, 1.807) is 0 Å². The number of nitrogens with zero attached hydrogens (tertiary/aromatic N) is 1. The van der Waals surface area contributed by atoms with Gasteiger partial charge in [-0.05, 0) is 36.8 Å². The molecule has 0 N–H and O–H groups in total. The van der Waals surface area contributed by atoms with Crippen LogP contribution in [0.5, 0.6) is 0 Å². The molecule has 1 aliphatic heterocycles. The normalized spacial score (nSPS) is 22.6. The summed E-state index contributed by atoms with van der Waals surface area (Å²) in [7, 11) is 0. The van der Waals surface area contributed by atoms with Crippen LogP contribution >= 0.6 is 0 Å². The first-order chi connectivity index (χ1) is 7.75. The highest BCUT2D eigenvalue weighted by molar-refractivity contribution is 5.14. The fraction of sp³-hybridized carbons (Fsp3) is 0.600. The summed E-state index contributed by atoms with van der Waals surface area (Å²) in [5, 5.41) is 0. The Kier molecular flexibility index (Phi) is 4.00. The summed E-state index contributed by atoms with van der Waals surface area (Å²) in [5.74, 6) is 1.73. The molecule has 0 spiro atoms. The first-order valence-corrected chi connectivity index (χ1v) is 6.52. The summed E-state index contributed by atoms with van der Waals surface area (Å²) in [6, 6.07) is 10.8. The minimum atomic E-state index is 0.832. The van der Waals surface area contributed by atoms with E-state index in [0.717, 1.165) is 18.4 Å². The highest BCUT2D eigenvalue weighted by Crippen LogP contribution is 2.24. The quantitative estimate of drug-likeness (QED) is 0.748. The average Bonchev–Trinajstić information content (AvgIpc) is 2.30. The van der Waals surface area contributed by atoms with Gasteiger partial charge in [-0.1, -0.05) is 44.2 Å². The number of benzene rings is 1. The van der Waals surface area contributed by atoms with E-state index in [1.807, 2.05) is 0 Å². The molecule has 1 fully saturated rings. The zero-order chi connectivity index (χ0) is 11.4. The molecule has 2 rings (SSSR count). The van der Waals surface area contributed by atoms with Crippen LogP contribution in [0.3, 0.4) is 0 Å². The maximum atomic E-state index is 2.61. The van der Waals surface area contributed by atoms with Gasteiger partial charge < -0.3 is 0 Å². The Morgan fingerprint density at radius 3 is 2.69 bits per heavy atom.